The molecule has 540 valence electrons. The molecule has 0 bridgehead atoms. The van der Waals surface area contributed by atoms with Crippen molar-refractivity contribution in [3.8, 4) is 33.8 Å². The van der Waals surface area contributed by atoms with E-state index in [-0.39, 0.29) is 23.5 Å². The first-order chi connectivity index (χ1) is 51.4. The molecule has 14 heterocycles. The summed E-state index contributed by atoms with van der Waals surface area (Å²) >= 11 is 0. The summed E-state index contributed by atoms with van der Waals surface area (Å²) in [5.41, 5.74) is 23.3. The average molecular weight is 1420 g/mol. The first-order valence-corrected chi connectivity index (χ1v) is 35.9. The molecule has 0 radical (unpaired) electrons. The van der Waals surface area contributed by atoms with Crippen molar-refractivity contribution < 1.29 is 28.2 Å². The van der Waals surface area contributed by atoms with Gasteiger partial charge >= 0.3 is 0 Å². The molecule has 6 N–H and O–H groups in total. The third-order valence-electron chi connectivity index (χ3n) is 20.5. The van der Waals surface area contributed by atoms with Gasteiger partial charge in [0.25, 0.3) is 17.7 Å². The molecule has 3 amide bonds. The van der Waals surface area contributed by atoms with Crippen molar-refractivity contribution >= 4 is 69.2 Å². The first-order valence-electron chi connectivity index (χ1n) is 35.9. The molecule has 26 heteroatoms. The summed E-state index contributed by atoms with van der Waals surface area (Å²) in [5, 5.41) is 28.2. The van der Waals surface area contributed by atoms with Gasteiger partial charge in [-0.3, -0.25) is 18.8 Å². The summed E-state index contributed by atoms with van der Waals surface area (Å²) in [4.78, 5) is 73.4. The summed E-state index contributed by atoms with van der Waals surface area (Å²) in [6.45, 7) is 9.86. The van der Waals surface area contributed by atoms with Gasteiger partial charge in [0.15, 0.2) is 11.3 Å². The molecule has 3 aromatic carbocycles. The highest BCUT2D eigenvalue weighted by Crippen LogP contribution is 2.41. The number of amides is 3. The number of hydrogen-bond acceptors (Lipinski definition) is 19. The second-order valence-electron chi connectivity index (χ2n) is 28.7. The Balaban J connectivity index is 0.000000122. The number of anilines is 6. The fourth-order valence-electron chi connectivity index (χ4n) is 15.5. The maximum Gasteiger partial charge on any atom is 0.254 e. The number of benzene rings is 3. The van der Waals surface area contributed by atoms with E-state index < -0.39 is 0 Å². The van der Waals surface area contributed by atoms with Crippen LogP contribution in [0, 0.1) is 19.7 Å². The Hall–Kier alpha value is -11.4. The summed E-state index contributed by atoms with van der Waals surface area (Å²) in [6, 6.07) is 31.3. The van der Waals surface area contributed by atoms with Crippen molar-refractivity contribution in [2.24, 2.45) is 0 Å². The highest BCUT2D eigenvalue weighted by Gasteiger charge is 2.33. The topological polar surface area (TPSA) is 268 Å². The Morgan fingerprint density at radius 1 is 0.519 bits per heavy atom. The van der Waals surface area contributed by atoms with Crippen LogP contribution in [0.5, 0.6) is 0 Å². The molecule has 25 nitrogen and oxygen atoms in total. The van der Waals surface area contributed by atoms with Gasteiger partial charge < -0.3 is 56.1 Å². The highest BCUT2D eigenvalue weighted by molar-refractivity contribution is 6.08. The van der Waals surface area contributed by atoms with E-state index in [9.17, 15) is 18.8 Å². The Labute approximate surface area is 612 Å². The minimum atomic E-state index is -0.333. The van der Waals surface area contributed by atoms with Crippen molar-refractivity contribution in [3.05, 3.63) is 218 Å². The molecule has 18 rings (SSSR count). The normalized spacial score (nSPS) is 17.1. The van der Waals surface area contributed by atoms with Gasteiger partial charge in [-0.2, -0.15) is 10.2 Å². The van der Waals surface area contributed by atoms with E-state index in [1.54, 1.807) is 12.4 Å². The lowest BCUT2D eigenvalue weighted by Crippen LogP contribution is -2.25. The Kier molecular flexibility index (Phi) is 18.8. The summed E-state index contributed by atoms with van der Waals surface area (Å²) in [5.74, 6) is 2.26. The summed E-state index contributed by atoms with van der Waals surface area (Å²) in [6.07, 6.45) is 16.0. The van der Waals surface area contributed by atoms with Crippen molar-refractivity contribution in [1.29, 1.82) is 0 Å². The number of carbonyl (C=O) groups is 3. The van der Waals surface area contributed by atoms with Crippen molar-refractivity contribution in [2.75, 3.05) is 84.7 Å². The minimum Gasteiger partial charge on any atom is -0.381 e. The van der Waals surface area contributed by atoms with Crippen LogP contribution >= 0.6 is 0 Å². The molecular formula is C80H83FN20O5. The lowest BCUT2D eigenvalue weighted by molar-refractivity contribution is 0.0958. The van der Waals surface area contributed by atoms with E-state index in [0.717, 1.165) is 196 Å². The lowest BCUT2D eigenvalue weighted by Gasteiger charge is -2.30. The summed E-state index contributed by atoms with van der Waals surface area (Å²) in [7, 11) is 12.4. The monoisotopic (exact) mass is 1420 g/mol. The van der Waals surface area contributed by atoms with E-state index in [2.05, 4.69) is 104 Å². The Morgan fingerprint density at radius 3 is 1.43 bits per heavy atom. The first kappa shape index (κ1) is 69.0. The second kappa shape index (κ2) is 28.9. The van der Waals surface area contributed by atoms with Crippen molar-refractivity contribution in [2.45, 2.75) is 96.6 Å². The van der Waals surface area contributed by atoms with Gasteiger partial charge in [0, 0.05) is 86.7 Å². The van der Waals surface area contributed by atoms with Crippen LogP contribution in [0.3, 0.4) is 0 Å². The number of fused-ring (bicyclic) bond motifs is 7. The van der Waals surface area contributed by atoms with Gasteiger partial charge in [-0.1, -0.05) is 36.4 Å². The molecule has 0 spiro atoms. The van der Waals surface area contributed by atoms with Gasteiger partial charge in [-0.15, -0.1) is 0 Å². The fraction of sp³-hybridized carbons (Fsp3) is 0.312. The number of ether oxygens (including phenoxy) is 2. The van der Waals surface area contributed by atoms with Crippen molar-refractivity contribution in [1.82, 2.24) is 84.2 Å². The number of nitrogens with zero attached hydrogens (tertiary/aromatic N) is 14. The highest BCUT2D eigenvalue weighted by atomic mass is 19.1. The van der Waals surface area contributed by atoms with E-state index in [0.29, 0.717) is 59.8 Å². The van der Waals surface area contributed by atoms with Gasteiger partial charge in [0.1, 0.15) is 28.9 Å². The zero-order valence-electron chi connectivity index (χ0n) is 60.5. The third kappa shape index (κ3) is 13.5. The lowest BCUT2D eigenvalue weighted by atomic mass is 9.91. The number of aromatic nitrogens is 11. The number of carbonyl (C=O) groups excluding carboxylic acids is 3. The van der Waals surface area contributed by atoms with E-state index in [1.165, 1.54) is 28.8 Å². The SMILES string of the molecule is CN(C)C1CCCc2ccc(Nc3ccc(-c4cnc5cc(F)ccn45)c4c3C(=O)NC4)nc21.Cc1cnn2c(-c3ccc(Nc4ccc([C@@H]5CCOC5)c(CN(C)C)n4)c4c3CNC4=O)cnc2c1.Cc1cnn2c(-c3ccc(Nc4ccc([C@H]5CCOC5)c(CN(C)C)n4)c4c3CNC4=O)cnc2c1. The Bertz CT molecular complexity index is 5220. The van der Waals surface area contributed by atoms with Crippen LogP contribution in [-0.2, 0) is 48.6 Å². The van der Waals surface area contributed by atoms with Crippen LogP contribution in [-0.4, -0.2) is 155 Å². The molecule has 1 unspecified atom stereocenters. The molecule has 3 atom stereocenters. The van der Waals surface area contributed by atoms with Gasteiger partial charge in [-0.05, 0) is 187 Å². The second-order valence-corrected chi connectivity index (χ2v) is 28.7. The number of imidazole rings is 3. The molecule has 1 aliphatic carbocycles. The molecule has 9 aromatic heterocycles. The van der Waals surface area contributed by atoms with E-state index >= 15 is 0 Å². The molecule has 0 saturated carbocycles. The van der Waals surface area contributed by atoms with Gasteiger partial charge in [0.2, 0.25) is 0 Å². The molecule has 106 heavy (non-hydrogen) atoms. The Morgan fingerprint density at radius 2 is 0.972 bits per heavy atom. The smallest absolute Gasteiger partial charge is 0.254 e. The van der Waals surface area contributed by atoms with Crippen LogP contribution < -0.4 is 31.9 Å². The van der Waals surface area contributed by atoms with Crippen LogP contribution in [0.25, 0.3) is 50.7 Å². The van der Waals surface area contributed by atoms with Crippen LogP contribution in [0.1, 0.15) is 136 Å². The minimum absolute atomic E-state index is 0.0970. The molecule has 2 fully saturated rings. The zero-order valence-corrected chi connectivity index (χ0v) is 60.5. The summed E-state index contributed by atoms with van der Waals surface area (Å²) < 4.78 is 30.3. The molecule has 2 saturated heterocycles. The number of hydrogen-bond donors (Lipinski definition) is 6. The molecule has 6 aliphatic rings. The van der Waals surface area contributed by atoms with E-state index in [1.807, 2.05) is 147 Å². The maximum atomic E-state index is 13.6. The van der Waals surface area contributed by atoms with Gasteiger partial charge in [-0.25, -0.2) is 43.3 Å². The predicted octanol–water partition coefficient (Wildman–Crippen LogP) is 11.8. The van der Waals surface area contributed by atoms with Crippen LogP contribution in [0.2, 0.25) is 0 Å². The largest absolute Gasteiger partial charge is 0.381 e. The van der Waals surface area contributed by atoms with E-state index in [4.69, 9.17) is 24.4 Å². The molecule has 12 aromatic rings. The predicted molar refractivity (Wildman–Crippen MR) is 403 cm³/mol. The quantitative estimate of drug-likeness (QED) is 0.0525. The number of pyridine rings is 4. The number of nitrogens with one attached hydrogen (secondary N) is 6. The maximum absolute atomic E-state index is 13.6. The molecular weight excluding hydrogens is 1340 g/mol. The third-order valence-corrected chi connectivity index (χ3v) is 20.5. The number of rotatable bonds is 16. The van der Waals surface area contributed by atoms with Gasteiger partial charge in [0.05, 0.1) is 118 Å². The van der Waals surface area contributed by atoms with Crippen LogP contribution in [0.15, 0.2) is 134 Å². The van der Waals surface area contributed by atoms with Crippen LogP contribution in [0.4, 0.5) is 38.9 Å². The zero-order chi connectivity index (χ0) is 73.0. The standard InChI is InChI=1S/2C27H29N7O2.C26H25FN6O/c2*1-16-10-25-28-13-23(34(25)30-11-16)19-4-6-21(26-20(19)12-29-27(26)35)31-24-7-5-18(17-8-9-36-15-17)22(32-24)14-33(2)3;1-32(2)20-5-3-4-15-6-9-22(31-25(15)20)30-19-8-7-17(18-13-29-26(34)24(18)19)21-14-28-23-12-16(27)10-11-33(21)23/h2*4-7,10-11,13,17H,8-9,12,14-15H2,1-3H3,(H,29,35)(H,31,32);6-12,14,20H,3-5,13H2,1-2H3,(H,29,34)(H,30,31)/t2*17-;/m10./s1. The fourth-order valence-corrected chi connectivity index (χ4v) is 15.5. The number of halogens is 1. The number of aryl methyl sites for hydroxylation is 3. The molecule has 5 aliphatic heterocycles. The van der Waals surface area contributed by atoms with Crippen molar-refractivity contribution in [3.63, 3.8) is 0 Å². The average Bonchev–Trinajstić information content (AvgIpc) is 1.61.